The number of benzene rings is 6. The Morgan fingerprint density at radius 2 is 0.685 bits per heavy atom. The number of carboxylic acid groups (broad SMARTS) is 2. The molecule has 0 unspecified atom stereocenters. The van der Waals surface area contributed by atoms with Crippen molar-refractivity contribution in [2.45, 2.75) is 119 Å². The number of hydrogen-bond donors (Lipinski definition) is 5. The molecule has 0 aliphatic carbocycles. The van der Waals surface area contributed by atoms with E-state index in [4.69, 9.17) is 33.5 Å². The number of aromatic carboxylic acids is 2. The highest BCUT2D eigenvalue weighted by atomic mass is 19.4. The molecule has 0 spiro atoms. The number of hydrogen-bond acceptors (Lipinski definition) is 24. The Morgan fingerprint density at radius 3 is 1.00 bits per heavy atom. The van der Waals surface area contributed by atoms with E-state index in [0.717, 1.165) is 145 Å². The number of ether oxygens (including phenoxy) is 7. The van der Waals surface area contributed by atoms with Gasteiger partial charge in [-0.2, -0.15) is 38.7 Å². The normalized spacial score (nSPS) is 13.5. The number of esters is 3. The zero-order chi connectivity index (χ0) is 89.0. The minimum Gasteiger partial charge on any atom is -0.497 e. The van der Waals surface area contributed by atoms with Gasteiger partial charge in [0.25, 0.3) is 11.8 Å². The quantitative estimate of drug-likeness (QED) is 0.0293. The molecule has 5 aromatic heterocycles. The molecule has 33 nitrogen and oxygen atoms in total. The third kappa shape index (κ3) is 20.0. The van der Waals surface area contributed by atoms with Crippen LogP contribution >= 0.6 is 0 Å². The third-order valence-corrected chi connectivity index (χ3v) is 21.5. The van der Waals surface area contributed by atoms with Crippen LogP contribution in [0.25, 0.3) is 0 Å². The molecule has 6 aromatic carbocycles. The summed E-state index contributed by atoms with van der Waals surface area (Å²) in [4.78, 5) is 92.5. The van der Waals surface area contributed by atoms with E-state index in [1.807, 2.05) is 158 Å². The fourth-order valence-corrected chi connectivity index (χ4v) is 15.2. The van der Waals surface area contributed by atoms with Crippen LogP contribution in [0.1, 0.15) is 160 Å². The third-order valence-electron chi connectivity index (χ3n) is 21.5. The van der Waals surface area contributed by atoms with Gasteiger partial charge in [0, 0.05) is 58.9 Å². The Morgan fingerprint density at radius 1 is 0.379 bits per heavy atom. The van der Waals surface area contributed by atoms with Crippen molar-refractivity contribution in [2.75, 3.05) is 107 Å². The lowest BCUT2D eigenvalue weighted by Crippen LogP contribution is -2.29. The van der Waals surface area contributed by atoms with Crippen LogP contribution in [-0.4, -0.2) is 183 Å². The first-order valence-electron chi connectivity index (χ1n) is 39.7. The molecular weight excluding hydrogens is 1610 g/mol. The maximum absolute atomic E-state index is 13.3. The zero-order valence-corrected chi connectivity index (χ0v) is 70.9. The summed E-state index contributed by atoms with van der Waals surface area (Å²) in [6.07, 6.45) is -4.66. The molecule has 36 heteroatoms. The summed E-state index contributed by atoms with van der Waals surface area (Å²) in [5.41, 5.74) is 9.89. The molecule has 16 rings (SSSR count). The van der Waals surface area contributed by atoms with Gasteiger partial charge in [-0.15, -0.1) is 0 Å². The predicted molar refractivity (Wildman–Crippen MR) is 452 cm³/mol. The number of rotatable bonds is 23. The van der Waals surface area contributed by atoms with Crippen molar-refractivity contribution in [3.8, 4) is 23.0 Å². The SMILES string of the molecule is COC(=O)c1c(C(F)(F)F)nn2c1NCC2.COC(=O)c1c(C)nn2c1N(Cc1ccc(OC)cc1)CC2.COC(=O)c1ccc([C@H](C)NC(=O)c2c(C)nn3c2N(Cc2ccc(OC)cc2)CC3)cc1.COc1ccc(CN2CCn3nc(C)c(C(=O)N[C@@H](C)c4ccc(C(=O)O)cc4)c32)cc1.COc1ccc(CN2CCn3nc(C)c(C(=O)O)c32)cc1. The van der Waals surface area contributed by atoms with Crippen LogP contribution in [0.3, 0.4) is 0 Å². The van der Waals surface area contributed by atoms with Crippen LogP contribution in [0.5, 0.6) is 23.0 Å². The fourth-order valence-electron chi connectivity index (χ4n) is 15.2. The van der Waals surface area contributed by atoms with E-state index in [-0.39, 0.29) is 47.2 Å². The molecule has 5 aliphatic heterocycles. The molecule has 5 N–H and O–H groups in total. The van der Waals surface area contributed by atoms with Crippen molar-refractivity contribution in [2.24, 2.45) is 0 Å². The van der Waals surface area contributed by atoms with Gasteiger partial charge < -0.3 is 78.9 Å². The van der Waals surface area contributed by atoms with E-state index in [1.165, 1.54) is 14.2 Å². The molecule has 2 amide bonds. The fraction of sp³-hybridized carbons (Fsp3) is 0.341. The van der Waals surface area contributed by atoms with Gasteiger partial charge >= 0.3 is 36.0 Å². The molecule has 0 bridgehead atoms. The number of fused-ring (bicyclic) bond motifs is 5. The highest BCUT2D eigenvalue weighted by molar-refractivity contribution is 6.02. The van der Waals surface area contributed by atoms with Gasteiger partial charge in [0.1, 0.15) is 79.9 Å². The lowest BCUT2D eigenvalue weighted by molar-refractivity contribution is -0.142. The molecular formula is C88H98F3N17O16. The number of aryl methyl sites for hydroxylation is 4. The summed E-state index contributed by atoms with van der Waals surface area (Å²) in [5.74, 6) is 2.54. The van der Waals surface area contributed by atoms with Crippen molar-refractivity contribution in [3.63, 3.8) is 0 Å². The number of nitrogens with one attached hydrogen (secondary N) is 3. The molecule has 2 atom stereocenters. The van der Waals surface area contributed by atoms with Gasteiger partial charge in [0.15, 0.2) is 5.69 Å². The van der Waals surface area contributed by atoms with Crippen LogP contribution in [-0.2, 0) is 79.3 Å². The minimum absolute atomic E-state index is 0.0687. The van der Waals surface area contributed by atoms with Crippen molar-refractivity contribution >= 4 is 70.8 Å². The molecule has 0 fully saturated rings. The summed E-state index contributed by atoms with van der Waals surface area (Å²) in [6.45, 7) is 20.7. The average Bonchev–Trinajstić information content (AvgIpc) is 1.64. The summed E-state index contributed by atoms with van der Waals surface area (Å²) in [5, 5.41) is 48.5. The molecule has 652 valence electrons. The molecule has 0 saturated heterocycles. The Labute approximate surface area is 712 Å². The number of carbonyl (C=O) groups is 7. The van der Waals surface area contributed by atoms with E-state index >= 15 is 0 Å². The Balaban J connectivity index is 0.000000145. The van der Waals surface area contributed by atoms with Crippen LogP contribution in [0, 0.1) is 27.7 Å². The van der Waals surface area contributed by atoms with Gasteiger partial charge in [-0.3, -0.25) is 9.59 Å². The minimum atomic E-state index is -4.66. The van der Waals surface area contributed by atoms with Crippen LogP contribution in [0.15, 0.2) is 146 Å². The second-order valence-corrected chi connectivity index (χ2v) is 29.5. The number of nitrogens with zero attached hydrogens (tertiary/aromatic N) is 14. The Bertz CT molecular complexity index is 5670. The lowest BCUT2D eigenvalue weighted by Gasteiger charge is -2.20. The number of carbonyl (C=O) groups excluding carboxylic acids is 5. The summed E-state index contributed by atoms with van der Waals surface area (Å²) >= 11 is 0. The largest absolute Gasteiger partial charge is 0.497 e. The number of aromatic nitrogens is 10. The monoisotopic (exact) mass is 1710 g/mol. The first-order chi connectivity index (χ1) is 59.5. The van der Waals surface area contributed by atoms with Crippen LogP contribution in [0.2, 0.25) is 0 Å². The number of anilines is 5. The summed E-state index contributed by atoms with van der Waals surface area (Å²) in [7, 11) is 10.4. The number of alkyl halides is 3. The Hall–Kier alpha value is -14.4. The van der Waals surface area contributed by atoms with Crippen molar-refractivity contribution < 1.29 is 90.1 Å². The molecule has 10 heterocycles. The first-order valence-corrected chi connectivity index (χ1v) is 39.7. The molecule has 5 aliphatic rings. The van der Waals surface area contributed by atoms with Crippen molar-refractivity contribution in [1.29, 1.82) is 0 Å². The second-order valence-electron chi connectivity index (χ2n) is 29.5. The van der Waals surface area contributed by atoms with Gasteiger partial charge in [0.2, 0.25) is 0 Å². The van der Waals surface area contributed by atoms with E-state index < -0.39 is 35.3 Å². The van der Waals surface area contributed by atoms with E-state index in [0.29, 0.717) is 89.1 Å². The van der Waals surface area contributed by atoms with Crippen molar-refractivity contribution in [1.82, 2.24) is 59.5 Å². The lowest BCUT2D eigenvalue weighted by atomic mass is 10.1. The standard InChI is InChI=1S/C25H28N4O4.C24H26N4O4.C16H19N3O3.C15H17N3O3.C8H8F3N3O2/c1-16(19-7-9-20(10-8-19)25(31)33-4)26-23(30)22-17(2)27-29-14-13-28(24(22)29)15-18-5-11-21(32-3)12-6-18;1-15(18-6-8-19(9-7-18)24(30)31)25-22(29)21-16(2)26-28-13-12-27(23(21)28)14-17-4-10-20(32-3)11-5-17;1-11-14(16(20)22-3)15-18(8-9-19(15)17-11)10-12-4-6-13(21-2)7-5-12;1-10-13(15(19)20)14-17(7-8-18(14)16-10)9-11-3-5-12(21-2)6-4-11;1-16-7(15)4-5(8(9,10)11)13-14-3-2-12-6(4)14/h5-12,16H,13-15H2,1-4H3,(H,26,30);4-11,15H,12-14H2,1-3H3,(H,25,29)(H,30,31);4-7H,8-10H2,1-3H3;3-6H,7-9H2,1-2H3,(H,19,20);12H,2-3H2,1H3/t16-;15-;;;/m00.../s1. The second kappa shape index (κ2) is 39.0. The molecule has 11 aromatic rings. The maximum atomic E-state index is 13.3. The van der Waals surface area contributed by atoms with Gasteiger partial charge in [-0.25, -0.2) is 47.4 Å². The molecule has 0 radical (unpaired) electrons. The van der Waals surface area contributed by atoms with Crippen LogP contribution in [0.4, 0.5) is 42.3 Å². The highest BCUT2D eigenvalue weighted by Crippen LogP contribution is 2.39. The Kier molecular flexibility index (Phi) is 28.0. The van der Waals surface area contributed by atoms with E-state index in [2.05, 4.69) is 65.8 Å². The topological polar surface area (TPSA) is 363 Å². The van der Waals surface area contributed by atoms with Gasteiger partial charge in [-0.05, 0) is 148 Å². The van der Waals surface area contributed by atoms with Gasteiger partial charge in [-0.1, -0.05) is 72.8 Å². The number of methoxy groups -OCH3 is 7. The van der Waals surface area contributed by atoms with E-state index in [9.17, 15) is 51.8 Å². The summed E-state index contributed by atoms with van der Waals surface area (Å²) < 4.78 is 81.1. The maximum Gasteiger partial charge on any atom is 0.436 e. The molecule has 124 heavy (non-hydrogen) atoms. The average molecular weight is 1710 g/mol. The molecule has 0 saturated carbocycles. The predicted octanol–water partition coefficient (Wildman–Crippen LogP) is 11.9. The van der Waals surface area contributed by atoms with E-state index in [1.54, 1.807) is 76.4 Å². The number of carboxylic acids is 2. The first kappa shape index (κ1) is 88.9. The van der Waals surface area contributed by atoms with Crippen molar-refractivity contribution in [3.05, 3.63) is 246 Å². The smallest absolute Gasteiger partial charge is 0.436 e. The van der Waals surface area contributed by atoms with Gasteiger partial charge in [0.05, 0.1) is 128 Å². The zero-order valence-electron chi connectivity index (χ0n) is 70.9. The number of amides is 2. The van der Waals surface area contributed by atoms with Crippen LogP contribution < -0.4 is 54.5 Å². The number of halogens is 3. The highest BCUT2D eigenvalue weighted by Gasteiger charge is 2.43. The summed E-state index contributed by atoms with van der Waals surface area (Å²) in [6, 6.07) is 44.6.